The third-order valence-electron chi connectivity index (χ3n) is 9.88. The first-order chi connectivity index (χ1) is 15.6. The maximum Gasteiger partial charge on any atom is 0.171 e. The zero-order chi connectivity index (χ0) is 23.3. The highest BCUT2D eigenvalue weighted by molar-refractivity contribution is 6.02. The molecule has 2 heterocycles. The predicted octanol–water partition coefficient (Wildman–Crippen LogP) is 7.35. The number of ketones is 1. The molecule has 0 spiro atoms. The average Bonchev–Trinajstić information content (AvgIpc) is 3.39. The van der Waals surface area contributed by atoms with Gasteiger partial charge in [0.25, 0.3) is 0 Å². The highest BCUT2D eigenvalue weighted by Crippen LogP contribution is 2.72. The molecule has 0 aromatic carbocycles. The van der Waals surface area contributed by atoms with Crippen molar-refractivity contribution >= 4 is 5.78 Å². The van der Waals surface area contributed by atoms with E-state index in [1.165, 1.54) is 16.7 Å². The summed E-state index contributed by atoms with van der Waals surface area (Å²) < 4.78 is 12.0. The molecular formula is C30H36O3. The Morgan fingerprint density at radius 3 is 2.52 bits per heavy atom. The van der Waals surface area contributed by atoms with E-state index in [0.29, 0.717) is 17.6 Å². The minimum Gasteiger partial charge on any atom is -0.469 e. The fourth-order valence-corrected chi connectivity index (χ4v) is 8.41. The standard InChI is InChI=1S/C30H36O3/c1-16-8-7-9-29(5)22-13-30(6,28(29)27(31)26-19(4)15-33-24(26)10-16)21-12-20-18(3)14-32-23(20)11-17(2)25(21)22/h8,14-15,17,22,28H,7,9-13H2,1-6H3. The second-order valence-corrected chi connectivity index (χ2v) is 12.0. The van der Waals surface area contributed by atoms with Gasteiger partial charge in [-0.2, -0.15) is 0 Å². The topological polar surface area (TPSA) is 43.4 Å². The van der Waals surface area contributed by atoms with Gasteiger partial charge in [-0.1, -0.05) is 43.6 Å². The van der Waals surface area contributed by atoms with Crippen LogP contribution in [0.1, 0.15) is 85.5 Å². The molecule has 4 aliphatic rings. The van der Waals surface area contributed by atoms with Crippen molar-refractivity contribution in [3.05, 3.63) is 69.1 Å². The van der Waals surface area contributed by atoms with E-state index in [1.807, 2.05) is 13.2 Å². The van der Waals surface area contributed by atoms with Crippen LogP contribution in [0.5, 0.6) is 0 Å². The maximum absolute atomic E-state index is 14.5. The van der Waals surface area contributed by atoms with Gasteiger partial charge in [0.2, 0.25) is 0 Å². The van der Waals surface area contributed by atoms with Gasteiger partial charge in [-0.15, -0.1) is 0 Å². The van der Waals surface area contributed by atoms with E-state index in [2.05, 4.69) is 40.7 Å². The Labute approximate surface area is 197 Å². The molecule has 0 radical (unpaired) electrons. The summed E-state index contributed by atoms with van der Waals surface area (Å²) in [6.45, 7) is 13.6. The third kappa shape index (κ3) is 2.71. The summed E-state index contributed by atoms with van der Waals surface area (Å²) in [5.41, 5.74) is 8.84. The van der Waals surface area contributed by atoms with E-state index in [4.69, 9.17) is 8.83 Å². The molecule has 0 aliphatic heterocycles. The smallest absolute Gasteiger partial charge is 0.171 e. The van der Waals surface area contributed by atoms with Crippen molar-refractivity contribution in [2.75, 3.05) is 0 Å². The Balaban J connectivity index is 1.55. The normalized spacial score (nSPS) is 35.5. The van der Waals surface area contributed by atoms with Crippen molar-refractivity contribution in [1.29, 1.82) is 0 Å². The molecule has 2 aromatic rings. The van der Waals surface area contributed by atoms with Crippen molar-refractivity contribution in [1.82, 2.24) is 0 Å². The highest BCUT2D eigenvalue weighted by atomic mass is 16.3. The van der Waals surface area contributed by atoms with Crippen LogP contribution in [0.3, 0.4) is 0 Å². The molecule has 5 atom stereocenters. The monoisotopic (exact) mass is 444 g/mol. The number of rotatable bonds is 0. The van der Waals surface area contributed by atoms with Gasteiger partial charge >= 0.3 is 0 Å². The Morgan fingerprint density at radius 1 is 1.00 bits per heavy atom. The fraction of sp³-hybridized carbons (Fsp3) is 0.567. The van der Waals surface area contributed by atoms with Crippen molar-refractivity contribution in [3.63, 3.8) is 0 Å². The number of carbonyl (C=O) groups excluding carboxylic acids is 1. The first kappa shape index (κ1) is 21.3. The van der Waals surface area contributed by atoms with Crippen LogP contribution in [0.4, 0.5) is 0 Å². The Morgan fingerprint density at radius 2 is 1.73 bits per heavy atom. The van der Waals surface area contributed by atoms with Crippen molar-refractivity contribution in [2.45, 2.75) is 80.1 Å². The molecule has 0 saturated heterocycles. The van der Waals surface area contributed by atoms with Gasteiger partial charge in [-0.05, 0) is 74.8 Å². The number of hydrogen-bond donors (Lipinski definition) is 0. The molecule has 2 bridgehead atoms. The van der Waals surface area contributed by atoms with E-state index < -0.39 is 0 Å². The molecule has 1 saturated carbocycles. The van der Waals surface area contributed by atoms with Crippen LogP contribution in [0.25, 0.3) is 0 Å². The molecule has 1 fully saturated rings. The summed E-state index contributed by atoms with van der Waals surface area (Å²) >= 11 is 0. The van der Waals surface area contributed by atoms with E-state index >= 15 is 0 Å². The third-order valence-corrected chi connectivity index (χ3v) is 9.88. The van der Waals surface area contributed by atoms with Crippen LogP contribution in [0, 0.1) is 42.4 Å². The van der Waals surface area contributed by atoms with Crippen LogP contribution in [0.2, 0.25) is 0 Å². The summed E-state index contributed by atoms with van der Waals surface area (Å²) in [4.78, 5) is 14.5. The van der Waals surface area contributed by atoms with Crippen molar-refractivity contribution in [2.24, 2.45) is 28.6 Å². The zero-order valence-electron chi connectivity index (χ0n) is 20.9. The van der Waals surface area contributed by atoms with E-state index in [-0.39, 0.29) is 16.7 Å². The van der Waals surface area contributed by atoms with Gasteiger partial charge in [0.15, 0.2) is 5.78 Å². The number of carbonyl (C=O) groups is 1. The molecular weight excluding hydrogens is 408 g/mol. The second-order valence-electron chi connectivity index (χ2n) is 12.0. The van der Waals surface area contributed by atoms with Gasteiger partial charge in [0, 0.05) is 29.7 Å². The summed E-state index contributed by atoms with van der Waals surface area (Å²) in [6, 6.07) is 0. The number of Topliss-reactive ketones (excluding diaryl/α,β-unsaturated/α-hetero) is 1. The predicted molar refractivity (Wildman–Crippen MR) is 129 cm³/mol. The lowest BCUT2D eigenvalue weighted by molar-refractivity contribution is 0.0587. The van der Waals surface area contributed by atoms with Crippen LogP contribution in [-0.4, -0.2) is 5.78 Å². The highest BCUT2D eigenvalue weighted by Gasteiger charge is 2.67. The van der Waals surface area contributed by atoms with Gasteiger partial charge < -0.3 is 8.83 Å². The molecule has 3 heteroatoms. The van der Waals surface area contributed by atoms with Crippen LogP contribution in [-0.2, 0) is 19.3 Å². The maximum atomic E-state index is 14.5. The Hall–Kier alpha value is -2.29. The first-order valence-electron chi connectivity index (χ1n) is 12.7. The number of furan rings is 2. The summed E-state index contributed by atoms with van der Waals surface area (Å²) in [6.07, 6.45) is 12.0. The summed E-state index contributed by atoms with van der Waals surface area (Å²) in [5, 5.41) is 0. The van der Waals surface area contributed by atoms with Crippen molar-refractivity contribution in [3.8, 4) is 0 Å². The Kier molecular flexibility index (Phi) is 4.42. The quantitative estimate of drug-likeness (QED) is 0.399. The molecule has 174 valence electrons. The Bertz CT molecular complexity index is 1230. The van der Waals surface area contributed by atoms with Crippen LogP contribution < -0.4 is 0 Å². The lowest BCUT2D eigenvalue weighted by Gasteiger charge is -2.47. The second kappa shape index (κ2) is 6.87. The van der Waals surface area contributed by atoms with E-state index in [1.54, 1.807) is 17.4 Å². The summed E-state index contributed by atoms with van der Waals surface area (Å²) in [7, 11) is 0. The number of fused-ring (bicyclic) bond motifs is 9. The van der Waals surface area contributed by atoms with Gasteiger partial charge in [0.05, 0.1) is 18.1 Å². The minimum absolute atomic E-state index is 0.00318. The molecule has 5 unspecified atom stereocenters. The molecule has 0 amide bonds. The van der Waals surface area contributed by atoms with E-state index in [0.717, 1.165) is 61.2 Å². The van der Waals surface area contributed by atoms with Crippen LogP contribution in [0.15, 0.2) is 44.2 Å². The first-order valence-corrected chi connectivity index (χ1v) is 12.7. The SMILES string of the molecule is CC1=CCCC2(C)C3CC(C)(C4=C3C(C)Cc3occ(C)c3C4)C2C(=O)c2c(C)coc2C1. The number of hydrogen-bond acceptors (Lipinski definition) is 3. The van der Waals surface area contributed by atoms with Gasteiger partial charge in [-0.3, -0.25) is 4.79 Å². The minimum atomic E-state index is -0.107. The van der Waals surface area contributed by atoms with Gasteiger partial charge in [0.1, 0.15) is 11.5 Å². The molecule has 4 aliphatic carbocycles. The molecule has 0 N–H and O–H groups in total. The molecule has 6 rings (SSSR count). The average molecular weight is 445 g/mol. The lowest BCUT2D eigenvalue weighted by Crippen LogP contribution is -2.45. The van der Waals surface area contributed by atoms with Crippen LogP contribution >= 0.6 is 0 Å². The molecule has 3 nitrogen and oxygen atoms in total. The molecule has 33 heavy (non-hydrogen) atoms. The largest absolute Gasteiger partial charge is 0.469 e. The summed E-state index contributed by atoms with van der Waals surface area (Å²) in [5.74, 6) is 3.27. The zero-order valence-corrected chi connectivity index (χ0v) is 20.9. The van der Waals surface area contributed by atoms with Gasteiger partial charge in [-0.25, -0.2) is 0 Å². The fourth-order valence-electron chi connectivity index (χ4n) is 8.41. The molecule has 2 aromatic heterocycles. The van der Waals surface area contributed by atoms with E-state index in [9.17, 15) is 4.79 Å². The number of allylic oxidation sites excluding steroid dienone is 4. The number of aryl methyl sites for hydroxylation is 2. The van der Waals surface area contributed by atoms with Crippen molar-refractivity contribution < 1.29 is 13.6 Å². The lowest BCUT2D eigenvalue weighted by atomic mass is 9.55.